The van der Waals surface area contributed by atoms with E-state index in [0.717, 1.165) is 12.0 Å². The molecule has 2 saturated heterocycles. The number of rotatable bonds is 5. The van der Waals surface area contributed by atoms with Crippen LogP contribution in [0.4, 0.5) is 0 Å². The first kappa shape index (κ1) is 11.4. The Bertz CT molecular complexity index is 175. The maximum atomic E-state index is 3.59. The lowest BCUT2D eigenvalue weighted by atomic mass is 10.0. The lowest BCUT2D eigenvalue weighted by molar-refractivity contribution is 0.301. The summed E-state index contributed by atoms with van der Waals surface area (Å²) in [6.45, 7) is 7.63. The van der Waals surface area contributed by atoms with Crippen LogP contribution in [-0.4, -0.2) is 37.1 Å². The van der Waals surface area contributed by atoms with Gasteiger partial charge in [-0.25, -0.2) is 0 Å². The molecule has 2 atom stereocenters. The van der Waals surface area contributed by atoms with Crippen LogP contribution in [0.2, 0.25) is 0 Å². The molecule has 88 valence electrons. The van der Waals surface area contributed by atoms with Gasteiger partial charge in [-0.15, -0.1) is 0 Å². The zero-order valence-electron chi connectivity index (χ0n) is 10.2. The summed E-state index contributed by atoms with van der Waals surface area (Å²) in [7, 11) is 0. The van der Waals surface area contributed by atoms with E-state index in [9.17, 15) is 0 Å². The van der Waals surface area contributed by atoms with Gasteiger partial charge in [-0.05, 0) is 57.7 Å². The van der Waals surface area contributed by atoms with Crippen LogP contribution in [0.25, 0.3) is 0 Å². The number of likely N-dealkylation sites (tertiary alicyclic amines) is 1. The molecule has 2 aliphatic rings. The third-order valence-electron chi connectivity index (χ3n) is 4.02. The summed E-state index contributed by atoms with van der Waals surface area (Å²) in [5.74, 6) is 1.01. The molecule has 0 aromatic heterocycles. The van der Waals surface area contributed by atoms with Gasteiger partial charge in [0.2, 0.25) is 0 Å². The minimum atomic E-state index is 0.829. The molecule has 0 spiro atoms. The molecule has 0 aromatic carbocycles. The highest BCUT2D eigenvalue weighted by molar-refractivity contribution is 4.79. The van der Waals surface area contributed by atoms with E-state index < -0.39 is 0 Å². The number of hydrogen-bond donors (Lipinski definition) is 1. The Morgan fingerprint density at radius 1 is 1.27 bits per heavy atom. The van der Waals surface area contributed by atoms with E-state index in [1.165, 1.54) is 64.7 Å². The van der Waals surface area contributed by atoms with Gasteiger partial charge in [-0.2, -0.15) is 0 Å². The van der Waals surface area contributed by atoms with Crippen LogP contribution < -0.4 is 5.32 Å². The van der Waals surface area contributed by atoms with Crippen LogP contribution in [0.1, 0.15) is 45.4 Å². The molecule has 0 radical (unpaired) electrons. The predicted molar refractivity (Wildman–Crippen MR) is 65.1 cm³/mol. The second-order valence-electron chi connectivity index (χ2n) is 5.33. The molecule has 2 fully saturated rings. The second-order valence-corrected chi connectivity index (χ2v) is 5.33. The first-order valence-corrected chi connectivity index (χ1v) is 6.84. The number of hydrogen-bond acceptors (Lipinski definition) is 2. The summed E-state index contributed by atoms with van der Waals surface area (Å²) < 4.78 is 0. The van der Waals surface area contributed by atoms with Gasteiger partial charge in [0, 0.05) is 12.6 Å². The lowest BCUT2D eigenvalue weighted by Gasteiger charge is -2.18. The SMILES string of the molecule is CCCC1CCN(CCC2CCCN2)C1. The third-order valence-corrected chi connectivity index (χ3v) is 4.02. The van der Waals surface area contributed by atoms with Crippen molar-refractivity contribution in [2.45, 2.75) is 51.5 Å². The molecule has 0 amide bonds. The van der Waals surface area contributed by atoms with E-state index in [2.05, 4.69) is 17.1 Å². The van der Waals surface area contributed by atoms with E-state index in [4.69, 9.17) is 0 Å². The van der Waals surface area contributed by atoms with Crippen LogP contribution in [0, 0.1) is 5.92 Å². The van der Waals surface area contributed by atoms with Gasteiger partial charge in [0.05, 0.1) is 0 Å². The Hall–Kier alpha value is -0.0800. The van der Waals surface area contributed by atoms with Crippen molar-refractivity contribution in [2.24, 2.45) is 5.92 Å². The zero-order valence-corrected chi connectivity index (χ0v) is 10.2. The van der Waals surface area contributed by atoms with E-state index >= 15 is 0 Å². The Labute approximate surface area is 94.4 Å². The average Bonchev–Trinajstić information content (AvgIpc) is 2.85. The molecule has 1 N–H and O–H groups in total. The molecule has 15 heavy (non-hydrogen) atoms. The topological polar surface area (TPSA) is 15.3 Å². The van der Waals surface area contributed by atoms with Crippen LogP contribution in [0.3, 0.4) is 0 Å². The highest BCUT2D eigenvalue weighted by Gasteiger charge is 2.22. The number of nitrogens with one attached hydrogen (secondary N) is 1. The molecule has 2 heterocycles. The Morgan fingerprint density at radius 3 is 2.93 bits per heavy atom. The molecule has 2 rings (SSSR count). The average molecular weight is 210 g/mol. The highest BCUT2D eigenvalue weighted by Crippen LogP contribution is 2.21. The van der Waals surface area contributed by atoms with Crippen LogP contribution in [0.15, 0.2) is 0 Å². The maximum absolute atomic E-state index is 3.59. The third kappa shape index (κ3) is 3.46. The Morgan fingerprint density at radius 2 is 2.20 bits per heavy atom. The van der Waals surface area contributed by atoms with Crippen LogP contribution in [0.5, 0.6) is 0 Å². The largest absolute Gasteiger partial charge is 0.314 e. The van der Waals surface area contributed by atoms with E-state index in [1.807, 2.05) is 0 Å². The van der Waals surface area contributed by atoms with Crippen LogP contribution >= 0.6 is 0 Å². The quantitative estimate of drug-likeness (QED) is 0.749. The minimum absolute atomic E-state index is 0.829. The second kappa shape index (κ2) is 5.86. The van der Waals surface area contributed by atoms with Gasteiger partial charge < -0.3 is 10.2 Å². The van der Waals surface area contributed by atoms with Gasteiger partial charge in [0.25, 0.3) is 0 Å². The molecular weight excluding hydrogens is 184 g/mol. The van der Waals surface area contributed by atoms with Gasteiger partial charge in [-0.1, -0.05) is 13.3 Å². The standard InChI is InChI=1S/C13H26N2/c1-2-4-12-6-9-15(11-12)10-7-13-5-3-8-14-13/h12-14H,2-11H2,1H3. The van der Waals surface area contributed by atoms with Crippen molar-refractivity contribution in [2.75, 3.05) is 26.2 Å². The van der Waals surface area contributed by atoms with Crippen molar-refractivity contribution in [3.05, 3.63) is 0 Å². The minimum Gasteiger partial charge on any atom is -0.314 e. The molecule has 0 aromatic rings. The molecular formula is C13H26N2. The van der Waals surface area contributed by atoms with Gasteiger partial charge >= 0.3 is 0 Å². The fourth-order valence-electron chi connectivity index (χ4n) is 3.10. The van der Waals surface area contributed by atoms with E-state index in [0.29, 0.717) is 0 Å². The smallest absolute Gasteiger partial charge is 0.00797 e. The highest BCUT2D eigenvalue weighted by atomic mass is 15.1. The van der Waals surface area contributed by atoms with Gasteiger partial charge in [0.1, 0.15) is 0 Å². The molecule has 2 nitrogen and oxygen atoms in total. The fraction of sp³-hybridized carbons (Fsp3) is 1.00. The predicted octanol–water partition coefficient (Wildman–Crippen LogP) is 2.25. The Kier molecular flexibility index (Phi) is 4.45. The zero-order chi connectivity index (χ0) is 10.5. The first-order chi connectivity index (χ1) is 7.38. The lowest BCUT2D eigenvalue weighted by Crippen LogP contribution is -2.29. The van der Waals surface area contributed by atoms with Crippen molar-refractivity contribution < 1.29 is 0 Å². The van der Waals surface area contributed by atoms with E-state index in [-0.39, 0.29) is 0 Å². The number of nitrogens with zero attached hydrogens (tertiary/aromatic N) is 1. The molecule has 2 heteroatoms. The Balaban J connectivity index is 1.59. The summed E-state index contributed by atoms with van der Waals surface area (Å²) in [6.07, 6.45) is 8.43. The summed E-state index contributed by atoms with van der Waals surface area (Å²) >= 11 is 0. The summed E-state index contributed by atoms with van der Waals surface area (Å²) in [5, 5.41) is 3.59. The van der Waals surface area contributed by atoms with Crippen molar-refractivity contribution in [1.82, 2.24) is 10.2 Å². The first-order valence-electron chi connectivity index (χ1n) is 6.84. The summed E-state index contributed by atoms with van der Waals surface area (Å²) in [6, 6.07) is 0.829. The fourth-order valence-corrected chi connectivity index (χ4v) is 3.10. The monoisotopic (exact) mass is 210 g/mol. The van der Waals surface area contributed by atoms with Crippen molar-refractivity contribution in [3.63, 3.8) is 0 Å². The molecule has 0 bridgehead atoms. The van der Waals surface area contributed by atoms with Gasteiger partial charge in [0.15, 0.2) is 0 Å². The molecule has 2 aliphatic heterocycles. The van der Waals surface area contributed by atoms with Crippen molar-refractivity contribution in [3.8, 4) is 0 Å². The van der Waals surface area contributed by atoms with E-state index in [1.54, 1.807) is 0 Å². The summed E-state index contributed by atoms with van der Waals surface area (Å²) in [5.41, 5.74) is 0. The summed E-state index contributed by atoms with van der Waals surface area (Å²) in [4.78, 5) is 2.68. The van der Waals surface area contributed by atoms with Crippen LogP contribution in [-0.2, 0) is 0 Å². The maximum Gasteiger partial charge on any atom is 0.00797 e. The normalized spacial score (nSPS) is 32.6. The molecule has 0 saturated carbocycles. The van der Waals surface area contributed by atoms with Crippen molar-refractivity contribution in [1.29, 1.82) is 0 Å². The van der Waals surface area contributed by atoms with Crippen molar-refractivity contribution >= 4 is 0 Å². The molecule has 2 unspecified atom stereocenters. The molecule has 0 aliphatic carbocycles. The van der Waals surface area contributed by atoms with Gasteiger partial charge in [-0.3, -0.25) is 0 Å².